The second-order valence-electron chi connectivity index (χ2n) is 8.38. The Morgan fingerprint density at radius 1 is 0.824 bits per heavy atom. The van der Waals surface area contributed by atoms with Crippen molar-refractivity contribution in [3.05, 3.63) is 94.5 Å². The number of esters is 1. The van der Waals surface area contributed by atoms with Crippen LogP contribution in [0.5, 0.6) is 5.75 Å². The minimum absolute atomic E-state index is 0.370. The number of carbonyl (C=O) groups is 3. The summed E-state index contributed by atoms with van der Waals surface area (Å²) >= 11 is 12.2. The number of hydrogen-bond donors (Lipinski definition) is 0. The van der Waals surface area contributed by atoms with E-state index in [1.54, 1.807) is 78.7 Å². The molecule has 0 unspecified atom stereocenters. The molecule has 4 atom stereocenters. The summed E-state index contributed by atoms with van der Waals surface area (Å²) in [5.74, 6) is -2.72. The van der Waals surface area contributed by atoms with Crippen LogP contribution in [0, 0.1) is 11.8 Å². The van der Waals surface area contributed by atoms with Crippen LogP contribution >= 0.6 is 23.2 Å². The van der Waals surface area contributed by atoms with Gasteiger partial charge >= 0.3 is 5.97 Å². The summed E-state index contributed by atoms with van der Waals surface area (Å²) < 4.78 is 5.62. The van der Waals surface area contributed by atoms with Crippen molar-refractivity contribution in [2.24, 2.45) is 11.8 Å². The number of benzene rings is 3. The van der Waals surface area contributed by atoms with Gasteiger partial charge in [-0.05, 0) is 61.1 Å². The fourth-order valence-electron chi connectivity index (χ4n) is 5.01. The standard InChI is InChI=1S/C26H20Cl2N2O4/c1-29-22(15-6-5-7-17(28)14-15)20-21(23(29)26(33)34-19-8-3-2-4-9-19)25(32)30(24(20)31)18-12-10-16(27)11-13-18/h2-14,20-23H,1H3/t20-,21-,22+,23+/m1/s1. The molecule has 8 heteroatoms. The van der Waals surface area contributed by atoms with Crippen LogP contribution in [0.25, 0.3) is 0 Å². The second kappa shape index (κ2) is 8.87. The summed E-state index contributed by atoms with van der Waals surface area (Å²) in [6.07, 6.45) is 0. The van der Waals surface area contributed by atoms with Crippen LogP contribution in [0.3, 0.4) is 0 Å². The number of amides is 2. The van der Waals surface area contributed by atoms with Crippen LogP contribution in [0.4, 0.5) is 5.69 Å². The third-order valence-corrected chi connectivity index (χ3v) is 6.92. The molecule has 2 saturated heterocycles. The normalized spacial score (nSPS) is 24.4. The Morgan fingerprint density at radius 2 is 1.50 bits per heavy atom. The van der Waals surface area contributed by atoms with E-state index >= 15 is 0 Å². The molecule has 5 rings (SSSR count). The van der Waals surface area contributed by atoms with E-state index in [9.17, 15) is 14.4 Å². The van der Waals surface area contributed by atoms with E-state index < -0.39 is 35.8 Å². The van der Waals surface area contributed by atoms with Crippen molar-refractivity contribution >= 4 is 46.7 Å². The van der Waals surface area contributed by atoms with Gasteiger partial charge < -0.3 is 4.74 Å². The van der Waals surface area contributed by atoms with E-state index in [1.807, 2.05) is 12.1 Å². The summed E-state index contributed by atoms with van der Waals surface area (Å²) in [6.45, 7) is 0. The number of likely N-dealkylation sites (N-methyl/N-ethyl adjacent to an activating group) is 1. The summed E-state index contributed by atoms with van der Waals surface area (Å²) in [7, 11) is 1.73. The highest BCUT2D eigenvalue weighted by atomic mass is 35.5. The zero-order valence-electron chi connectivity index (χ0n) is 18.1. The van der Waals surface area contributed by atoms with Crippen LogP contribution < -0.4 is 9.64 Å². The predicted octanol–water partition coefficient (Wildman–Crippen LogP) is 4.76. The van der Waals surface area contributed by atoms with Crippen LogP contribution in [-0.4, -0.2) is 35.8 Å². The molecule has 2 amide bonds. The van der Waals surface area contributed by atoms with Gasteiger partial charge in [-0.25, -0.2) is 9.69 Å². The first-order chi connectivity index (χ1) is 16.4. The van der Waals surface area contributed by atoms with Gasteiger partial charge in [0, 0.05) is 16.1 Å². The summed E-state index contributed by atoms with van der Waals surface area (Å²) in [4.78, 5) is 43.6. The first-order valence-electron chi connectivity index (χ1n) is 10.7. The minimum Gasteiger partial charge on any atom is -0.425 e. The topological polar surface area (TPSA) is 66.9 Å². The Labute approximate surface area is 206 Å². The van der Waals surface area contributed by atoms with Gasteiger partial charge in [0.25, 0.3) is 0 Å². The van der Waals surface area contributed by atoms with Crippen LogP contribution in [-0.2, 0) is 14.4 Å². The summed E-state index contributed by atoms with van der Waals surface area (Å²) in [6, 6.07) is 20.8. The molecule has 0 aliphatic carbocycles. The molecule has 0 N–H and O–H groups in total. The molecule has 2 fully saturated rings. The molecule has 34 heavy (non-hydrogen) atoms. The Hall–Kier alpha value is -3.19. The highest BCUT2D eigenvalue weighted by Crippen LogP contribution is 2.50. The molecule has 0 bridgehead atoms. The van der Waals surface area contributed by atoms with Crippen molar-refractivity contribution in [2.75, 3.05) is 11.9 Å². The molecule has 0 radical (unpaired) electrons. The second-order valence-corrected chi connectivity index (χ2v) is 9.26. The molecule has 172 valence electrons. The lowest BCUT2D eigenvalue weighted by molar-refractivity contribution is -0.143. The number of imide groups is 1. The Bertz CT molecular complexity index is 1270. The van der Waals surface area contributed by atoms with Crippen molar-refractivity contribution in [1.29, 1.82) is 0 Å². The van der Waals surface area contributed by atoms with Crippen molar-refractivity contribution in [1.82, 2.24) is 4.90 Å². The first-order valence-corrected chi connectivity index (χ1v) is 11.5. The van der Waals surface area contributed by atoms with E-state index in [0.29, 0.717) is 21.5 Å². The number of ether oxygens (including phenoxy) is 1. The molecule has 2 aliphatic rings. The van der Waals surface area contributed by atoms with Gasteiger partial charge in [0.05, 0.1) is 17.5 Å². The largest absolute Gasteiger partial charge is 0.425 e. The number of hydrogen-bond acceptors (Lipinski definition) is 5. The molecule has 2 heterocycles. The maximum Gasteiger partial charge on any atom is 0.329 e. The molecule has 3 aromatic carbocycles. The first kappa shape index (κ1) is 22.6. The molecule has 0 saturated carbocycles. The van der Waals surface area contributed by atoms with Gasteiger partial charge in [-0.3, -0.25) is 14.5 Å². The van der Waals surface area contributed by atoms with Crippen LogP contribution in [0.1, 0.15) is 11.6 Å². The zero-order valence-corrected chi connectivity index (χ0v) is 19.6. The number of carbonyl (C=O) groups excluding carboxylic acids is 3. The van der Waals surface area contributed by atoms with Gasteiger partial charge in [0.1, 0.15) is 11.8 Å². The highest BCUT2D eigenvalue weighted by molar-refractivity contribution is 6.31. The van der Waals surface area contributed by atoms with Crippen LogP contribution in [0.2, 0.25) is 10.0 Å². The van der Waals surface area contributed by atoms with Gasteiger partial charge in [0.2, 0.25) is 11.8 Å². The third-order valence-electron chi connectivity index (χ3n) is 6.43. The van der Waals surface area contributed by atoms with Crippen LogP contribution in [0.15, 0.2) is 78.9 Å². The minimum atomic E-state index is -0.956. The molecule has 2 aliphatic heterocycles. The predicted molar refractivity (Wildman–Crippen MR) is 129 cm³/mol. The number of likely N-dealkylation sites (tertiary alicyclic amines) is 1. The summed E-state index contributed by atoms with van der Waals surface area (Å²) in [5.41, 5.74) is 1.16. The van der Waals surface area contributed by atoms with Gasteiger partial charge in [0.15, 0.2) is 0 Å². The molecular weight excluding hydrogens is 475 g/mol. The van der Waals surface area contributed by atoms with Gasteiger partial charge in [-0.2, -0.15) is 0 Å². The van der Waals surface area contributed by atoms with Gasteiger partial charge in [-0.15, -0.1) is 0 Å². The lowest BCUT2D eigenvalue weighted by Gasteiger charge is -2.29. The SMILES string of the molecule is CN1[C@H](C(=O)Oc2ccccc2)[C@@H]2C(=O)N(c3ccc(Cl)cc3)C(=O)[C@H]2[C@@H]1c1cccc(Cl)c1. The van der Waals surface area contributed by atoms with Gasteiger partial charge in [-0.1, -0.05) is 53.5 Å². The Balaban J connectivity index is 1.57. The van der Waals surface area contributed by atoms with Crippen molar-refractivity contribution in [2.45, 2.75) is 12.1 Å². The molecule has 6 nitrogen and oxygen atoms in total. The number of fused-ring (bicyclic) bond motifs is 1. The fourth-order valence-corrected chi connectivity index (χ4v) is 5.34. The molecular formula is C26H20Cl2N2O4. The zero-order chi connectivity index (χ0) is 24.0. The number of anilines is 1. The Kier molecular flexibility index (Phi) is 5.90. The monoisotopic (exact) mass is 494 g/mol. The highest BCUT2D eigenvalue weighted by Gasteiger charge is 2.64. The Morgan fingerprint density at radius 3 is 2.18 bits per heavy atom. The van der Waals surface area contributed by atoms with Crippen molar-refractivity contribution < 1.29 is 19.1 Å². The average Bonchev–Trinajstić information content (AvgIpc) is 3.26. The van der Waals surface area contributed by atoms with E-state index in [1.165, 1.54) is 0 Å². The number of nitrogens with zero attached hydrogens (tertiary/aromatic N) is 2. The maximum atomic E-state index is 13.7. The van der Waals surface area contributed by atoms with E-state index in [-0.39, 0.29) is 5.91 Å². The number of halogens is 2. The number of rotatable bonds is 4. The lowest BCUT2D eigenvalue weighted by Crippen LogP contribution is -2.45. The molecule has 0 aromatic heterocycles. The maximum absolute atomic E-state index is 13.7. The quantitative estimate of drug-likeness (QED) is 0.297. The number of para-hydroxylation sites is 1. The van der Waals surface area contributed by atoms with E-state index in [4.69, 9.17) is 27.9 Å². The molecule has 3 aromatic rings. The van der Waals surface area contributed by atoms with Crippen molar-refractivity contribution in [3.63, 3.8) is 0 Å². The fraction of sp³-hybridized carbons (Fsp3) is 0.192. The summed E-state index contributed by atoms with van der Waals surface area (Å²) in [5, 5.41) is 0.994. The van der Waals surface area contributed by atoms with E-state index in [0.717, 1.165) is 10.5 Å². The van der Waals surface area contributed by atoms with Crippen molar-refractivity contribution in [3.8, 4) is 5.75 Å². The average molecular weight is 495 g/mol. The lowest BCUT2D eigenvalue weighted by atomic mass is 9.86. The van der Waals surface area contributed by atoms with E-state index in [2.05, 4.69) is 0 Å². The smallest absolute Gasteiger partial charge is 0.329 e. The molecule has 0 spiro atoms. The third kappa shape index (κ3) is 3.78.